The SMILES string of the molecule is C#CC(C)NC(=O)c1c(C)cc(C)cc1C. The van der Waals surface area contributed by atoms with Gasteiger partial charge in [-0.15, -0.1) is 6.42 Å². The lowest BCUT2D eigenvalue weighted by molar-refractivity contribution is 0.0947. The third kappa shape index (κ3) is 2.64. The zero-order valence-electron chi connectivity index (χ0n) is 10.2. The van der Waals surface area contributed by atoms with Gasteiger partial charge in [-0.05, 0) is 38.8 Å². The lowest BCUT2D eigenvalue weighted by Gasteiger charge is -2.13. The van der Waals surface area contributed by atoms with Crippen molar-refractivity contribution < 1.29 is 4.79 Å². The Morgan fingerprint density at radius 2 is 1.81 bits per heavy atom. The van der Waals surface area contributed by atoms with Gasteiger partial charge in [0.15, 0.2) is 0 Å². The molecule has 0 aliphatic carbocycles. The average molecular weight is 215 g/mol. The number of rotatable bonds is 2. The van der Waals surface area contributed by atoms with Crippen molar-refractivity contribution in [2.75, 3.05) is 0 Å². The number of hydrogen-bond acceptors (Lipinski definition) is 1. The molecule has 1 N–H and O–H groups in total. The molecule has 1 rings (SSSR count). The van der Waals surface area contributed by atoms with Crippen molar-refractivity contribution in [3.8, 4) is 12.3 Å². The Morgan fingerprint density at radius 3 is 2.25 bits per heavy atom. The van der Waals surface area contributed by atoms with E-state index >= 15 is 0 Å². The Hall–Kier alpha value is -1.75. The number of hydrogen-bond donors (Lipinski definition) is 1. The van der Waals surface area contributed by atoms with E-state index in [9.17, 15) is 4.79 Å². The van der Waals surface area contributed by atoms with Crippen molar-refractivity contribution in [2.45, 2.75) is 33.7 Å². The van der Waals surface area contributed by atoms with E-state index in [0.29, 0.717) is 0 Å². The van der Waals surface area contributed by atoms with Gasteiger partial charge in [0, 0.05) is 5.56 Å². The van der Waals surface area contributed by atoms with Crippen LogP contribution >= 0.6 is 0 Å². The van der Waals surface area contributed by atoms with Gasteiger partial charge in [-0.25, -0.2) is 0 Å². The molecule has 1 unspecified atom stereocenters. The van der Waals surface area contributed by atoms with Gasteiger partial charge in [0.1, 0.15) is 0 Å². The third-order valence-electron chi connectivity index (χ3n) is 2.50. The second kappa shape index (κ2) is 4.85. The van der Waals surface area contributed by atoms with Gasteiger partial charge < -0.3 is 5.32 Å². The van der Waals surface area contributed by atoms with Crippen molar-refractivity contribution in [1.82, 2.24) is 5.32 Å². The number of terminal acetylenes is 1. The lowest BCUT2D eigenvalue weighted by Crippen LogP contribution is -2.32. The van der Waals surface area contributed by atoms with Gasteiger partial charge in [0.05, 0.1) is 6.04 Å². The normalized spacial score (nSPS) is 11.7. The number of carbonyl (C=O) groups is 1. The minimum atomic E-state index is -0.243. The van der Waals surface area contributed by atoms with Gasteiger partial charge in [0.2, 0.25) is 0 Å². The van der Waals surface area contributed by atoms with E-state index in [1.807, 2.05) is 32.9 Å². The first-order valence-electron chi connectivity index (χ1n) is 5.30. The van der Waals surface area contributed by atoms with Crippen molar-refractivity contribution >= 4 is 5.91 Å². The molecule has 2 nitrogen and oxygen atoms in total. The number of amides is 1. The fourth-order valence-corrected chi connectivity index (χ4v) is 1.85. The second-order valence-electron chi connectivity index (χ2n) is 4.14. The molecule has 0 heterocycles. The molecule has 0 spiro atoms. The Bertz CT molecular complexity index is 431. The van der Waals surface area contributed by atoms with Crippen molar-refractivity contribution in [1.29, 1.82) is 0 Å². The zero-order valence-corrected chi connectivity index (χ0v) is 10.2. The summed E-state index contributed by atoms with van der Waals surface area (Å²) < 4.78 is 0. The fourth-order valence-electron chi connectivity index (χ4n) is 1.85. The predicted octanol–water partition coefficient (Wildman–Crippen LogP) is 2.36. The highest BCUT2D eigenvalue weighted by atomic mass is 16.1. The summed E-state index contributed by atoms with van der Waals surface area (Å²) in [4.78, 5) is 12.0. The highest BCUT2D eigenvalue weighted by Crippen LogP contribution is 2.16. The van der Waals surface area contributed by atoms with E-state index in [4.69, 9.17) is 6.42 Å². The molecule has 0 fully saturated rings. The van der Waals surface area contributed by atoms with Gasteiger partial charge in [-0.2, -0.15) is 0 Å². The molecule has 1 amide bonds. The maximum absolute atomic E-state index is 12.0. The van der Waals surface area contributed by atoms with Crippen LogP contribution in [0.4, 0.5) is 0 Å². The number of nitrogens with one attached hydrogen (secondary N) is 1. The van der Waals surface area contributed by atoms with Crippen LogP contribution in [0.2, 0.25) is 0 Å². The van der Waals surface area contributed by atoms with Crippen LogP contribution in [0.15, 0.2) is 12.1 Å². The maximum Gasteiger partial charge on any atom is 0.252 e. The van der Waals surface area contributed by atoms with Crippen LogP contribution in [0.3, 0.4) is 0 Å². The fraction of sp³-hybridized carbons (Fsp3) is 0.357. The molecule has 0 saturated carbocycles. The highest BCUT2D eigenvalue weighted by Gasteiger charge is 2.13. The van der Waals surface area contributed by atoms with E-state index < -0.39 is 0 Å². The van der Waals surface area contributed by atoms with Crippen LogP contribution in [-0.2, 0) is 0 Å². The van der Waals surface area contributed by atoms with E-state index in [0.717, 1.165) is 22.3 Å². The number of carbonyl (C=O) groups excluding carboxylic acids is 1. The molecule has 0 radical (unpaired) electrons. The smallest absolute Gasteiger partial charge is 0.252 e. The summed E-state index contributed by atoms with van der Waals surface area (Å²) in [6.45, 7) is 7.69. The van der Waals surface area contributed by atoms with E-state index in [2.05, 4.69) is 11.2 Å². The monoisotopic (exact) mass is 215 g/mol. The Labute approximate surface area is 97.1 Å². The summed E-state index contributed by atoms with van der Waals surface area (Å²) in [6.07, 6.45) is 5.23. The molecule has 16 heavy (non-hydrogen) atoms. The number of aryl methyl sites for hydroxylation is 3. The molecular formula is C14H17NO. The maximum atomic E-state index is 12.0. The van der Waals surface area contributed by atoms with Crippen LogP contribution in [-0.4, -0.2) is 11.9 Å². The van der Waals surface area contributed by atoms with Crippen LogP contribution in [0.5, 0.6) is 0 Å². The van der Waals surface area contributed by atoms with E-state index in [1.165, 1.54) is 0 Å². The average Bonchev–Trinajstić information content (AvgIpc) is 2.15. The summed E-state index contributed by atoms with van der Waals surface area (Å²) >= 11 is 0. The summed E-state index contributed by atoms with van der Waals surface area (Å²) in [5, 5.41) is 2.77. The van der Waals surface area contributed by atoms with Crippen molar-refractivity contribution in [2.24, 2.45) is 0 Å². The van der Waals surface area contributed by atoms with Gasteiger partial charge >= 0.3 is 0 Å². The predicted molar refractivity (Wildman–Crippen MR) is 66.4 cm³/mol. The van der Waals surface area contributed by atoms with Gasteiger partial charge in [-0.1, -0.05) is 23.6 Å². The largest absolute Gasteiger partial charge is 0.339 e. The molecule has 0 aliphatic heterocycles. The summed E-state index contributed by atoms with van der Waals surface area (Å²) in [7, 11) is 0. The zero-order chi connectivity index (χ0) is 12.3. The van der Waals surface area contributed by atoms with Crippen LogP contribution in [0.25, 0.3) is 0 Å². The molecule has 0 aliphatic rings. The minimum Gasteiger partial charge on any atom is -0.339 e. The van der Waals surface area contributed by atoms with Crippen LogP contribution < -0.4 is 5.32 Å². The first kappa shape index (κ1) is 12.3. The number of benzene rings is 1. The molecule has 2 heteroatoms. The van der Waals surface area contributed by atoms with E-state index in [1.54, 1.807) is 6.92 Å². The lowest BCUT2D eigenvalue weighted by atomic mass is 9.99. The molecule has 84 valence electrons. The third-order valence-corrected chi connectivity index (χ3v) is 2.50. The van der Waals surface area contributed by atoms with Crippen LogP contribution in [0.1, 0.15) is 34.0 Å². The quantitative estimate of drug-likeness (QED) is 0.754. The molecule has 0 saturated heterocycles. The first-order valence-corrected chi connectivity index (χ1v) is 5.30. The Balaban J connectivity index is 3.06. The first-order chi connectivity index (χ1) is 7.45. The van der Waals surface area contributed by atoms with E-state index in [-0.39, 0.29) is 11.9 Å². The summed E-state index contributed by atoms with van der Waals surface area (Å²) in [5.41, 5.74) is 3.86. The molecule has 0 aromatic heterocycles. The molecule has 1 atom stereocenters. The molecule has 1 aromatic carbocycles. The molecule has 1 aromatic rings. The molecule has 0 bridgehead atoms. The second-order valence-corrected chi connectivity index (χ2v) is 4.14. The standard InChI is InChI=1S/C14H17NO/c1-6-12(5)15-14(16)13-10(3)7-9(2)8-11(13)4/h1,7-8,12H,2-5H3,(H,15,16). The Morgan fingerprint density at radius 1 is 1.31 bits per heavy atom. The summed E-state index contributed by atoms with van der Waals surface area (Å²) in [6, 6.07) is 3.76. The van der Waals surface area contributed by atoms with Gasteiger partial charge in [-0.3, -0.25) is 4.79 Å². The van der Waals surface area contributed by atoms with Crippen molar-refractivity contribution in [3.63, 3.8) is 0 Å². The summed E-state index contributed by atoms with van der Waals surface area (Å²) in [5.74, 6) is 2.39. The van der Waals surface area contributed by atoms with Crippen LogP contribution in [0, 0.1) is 33.1 Å². The topological polar surface area (TPSA) is 29.1 Å². The highest BCUT2D eigenvalue weighted by molar-refractivity contribution is 5.97. The van der Waals surface area contributed by atoms with Gasteiger partial charge in [0.25, 0.3) is 5.91 Å². The van der Waals surface area contributed by atoms with Crippen molar-refractivity contribution in [3.05, 3.63) is 34.4 Å². The molecular weight excluding hydrogens is 198 g/mol. The minimum absolute atomic E-state index is 0.0968. The Kier molecular flexibility index (Phi) is 3.73.